The fourth-order valence-corrected chi connectivity index (χ4v) is 4.06. The smallest absolute Gasteiger partial charge is 0.338 e. The maximum atomic E-state index is 12.8. The summed E-state index contributed by atoms with van der Waals surface area (Å²) in [4.78, 5) is 26.0. The lowest BCUT2D eigenvalue weighted by atomic mass is 9.95. The van der Waals surface area contributed by atoms with Crippen LogP contribution in [-0.4, -0.2) is 28.4 Å². The van der Waals surface area contributed by atoms with Crippen LogP contribution in [0.15, 0.2) is 78.0 Å². The number of aromatic nitrogens is 2. The van der Waals surface area contributed by atoms with Crippen LogP contribution in [0.4, 0.5) is 4.79 Å². The quantitative estimate of drug-likeness (QED) is 0.467. The first-order chi connectivity index (χ1) is 14.6. The van der Waals surface area contributed by atoms with E-state index in [1.54, 1.807) is 11.6 Å². The summed E-state index contributed by atoms with van der Waals surface area (Å²) in [5.74, 6) is -0.519. The molecule has 152 valence electrons. The Morgan fingerprint density at radius 3 is 2.80 bits per heavy atom. The van der Waals surface area contributed by atoms with Crippen molar-refractivity contribution in [2.45, 2.75) is 13.0 Å². The molecular weight excluding hydrogens is 400 g/mol. The van der Waals surface area contributed by atoms with Crippen molar-refractivity contribution in [2.24, 2.45) is 0 Å². The zero-order chi connectivity index (χ0) is 21.1. The first kappa shape index (κ1) is 19.7. The molecule has 1 aliphatic rings. The van der Waals surface area contributed by atoms with Gasteiger partial charge in [-0.3, -0.25) is 0 Å². The predicted molar refractivity (Wildman–Crippen MR) is 115 cm³/mol. The van der Waals surface area contributed by atoms with E-state index >= 15 is 0 Å². The van der Waals surface area contributed by atoms with Crippen LogP contribution in [0.2, 0.25) is 0 Å². The lowest BCUT2D eigenvalue weighted by Crippen LogP contribution is -2.45. The number of amides is 2. The highest BCUT2D eigenvalue weighted by molar-refractivity contribution is 7.13. The monoisotopic (exact) mass is 420 g/mol. The summed E-state index contributed by atoms with van der Waals surface area (Å²) in [6.07, 6.45) is 3.34. The second-order valence-electron chi connectivity index (χ2n) is 6.65. The zero-order valence-corrected chi connectivity index (χ0v) is 17.1. The molecule has 0 aliphatic carbocycles. The van der Waals surface area contributed by atoms with Gasteiger partial charge in [-0.05, 0) is 30.5 Å². The van der Waals surface area contributed by atoms with Gasteiger partial charge >= 0.3 is 12.0 Å². The van der Waals surface area contributed by atoms with E-state index in [4.69, 9.17) is 9.84 Å². The van der Waals surface area contributed by atoms with E-state index in [9.17, 15) is 9.59 Å². The summed E-state index contributed by atoms with van der Waals surface area (Å²) in [7, 11) is 0. The average Bonchev–Trinajstić information content (AvgIpc) is 3.42. The number of para-hydroxylation sites is 1. The number of esters is 1. The maximum Gasteiger partial charge on any atom is 0.338 e. The summed E-state index contributed by atoms with van der Waals surface area (Å²) in [5, 5.41) is 12.2. The van der Waals surface area contributed by atoms with Crippen LogP contribution in [0, 0.1) is 0 Å². The van der Waals surface area contributed by atoms with Crippen LogP contribution in [0.25, 0.3) is 16.3 Å². The van der Waals surface area contributed by atoms with E-state index in [2.05, 4.69) is 17.2 Å². The summed E-state index contributed by atoms with van der Waals surface area (Å²) in [5.41, 5.74) is 3.06. The molecule has 3 aromatic rings. The number of benzene rings is 1. The normalized spacial score (nSPS) is 16.0. The number of carbonyl (C=O) groups excluding carboxylic acids is 2. The molecule has 0 bridgehead atoms. The zero-order valence-electron chi connectivity index (χ0n) is 16.3. The summed E-state index contributed by atoms with van der Waals surface area (Å²) < 4.78 is 7.03. The molecule has 1 aliphatic heterocycles. The Morgan fingerprint density at radius 2 is 2.10 bits per heavy atom. The van der Waals surface area contributed by atoms with Gasteiger partial charge in [-0.1, -0.05) is 36.9 Å². The largest absolute Gasteiger partial charge is 0.458 e. The first-order valence-electron chi connectivity index (χ1n) is 9.33. The molecule has 2 amide bonds. The number of ether oxygens (including phenoxy) is 1. The van der Waals surface area contributed by atoms with Crippen molar-refractivity contribution in [2.75, 3.05) is 6.61 Å². The Kier molecular flexibility index (Phi) is 5.49. The van der Waals surface area contributed by atoms with Gasteiger partial charge in [0.05, 0.1) is 22.2 Å². The number of urea groups is 1. The molecule has 0 unspecified atom stereocenters. The van der Waals surface area contributed by atoms with Gasteiger partial charge < -0.3 is 15.4 Å². The van der Waals surface area contributed by atoms with Crippen LogP contribution >= 0.6 is 11.3 Å². The topological polar surface area (TPSA) is 85.2 Å². The third-order valence-electron chi connectivity index (χ3n) is 4.65. The molecule has 8 heteroatoms. The molecule has 3 heterocycles. The fourth-order valence-electron chi connectivity index (χ4n) is 3.33. The van der Waals surface area contributed by atoms with Crippen LogP contribution in [-0.2, 0) is 9.53 Å². The molecule has 30 heavy (non-hydrogen) atoms. The maximum absolute atomic E-state index is 12.8. The van der Waals surface area contributed by atoms with E-state index in [0.717, 1.165) is 10.6 Å². The van der Waals surface area contributed by atoms with Crippen molar-refractivity contribution in [3.63, 3.8) is 0 Å². The molecule has 1 aromatic carbocycles. The van der Waals surface area contributed by atoms with Crippen molar-refractivity contribution in [1.82, 2.24) is 20.4 Å². The molecule has 2 N–H and O–H groups in total. The average molecular weight is 420 g/mol. The van der Waals surface area contributed by atoms with Gasteiger partial charge in [-0.2, -0.15) is 5.10 Å². The van der Waals surface area contributed by atoms with Crippen molar-refractivity contribution in [3.8, 4) is 16.3 Å². The number of hydrogen-bond donors (Lipinski definition) is 2. The second-order valence-corrected chi connectivity index (χ2v) is 7.60. The van der Waals surface area contributed by atoms with E-state index < -0.39 is 12.0 Å². The summed E-state index contributed by atoms with van der Waals surface area (Å²) >= 11 is 1.54. The molecule has 7 nitrogen and oxygen atoms in total. The van der Waals surface area contributed by atoms with Crippen molar-refractivity contribution in [1.29, 1.82) is 0 Å². The van der Waals surface area contributed by atoms with Crippen molar-refractivity contribution in [3.05, 3.63) is 83.5 Å². The third kappa shape index (κ3) is 3.77. The summed E-state index contributed by atoms with van der Waals surface area (Å²) in [6, 6.07) is 12.5. The van der Waals surface area contributed by atoms with Gasteiger partial charge in [0.25, 0.3) is 0 Å². The van der Waals surface area contributed by atoms with Gasteiger partial charge in [-0.25, -0.2) is 14.3 Å². The number of carbonyl (C=O) groups is 2. The van der Waals surface area contributed by atoms with Crippen LogP contribution in [0.3, 0.4) is 0 Å². The highest BCUT2D eigenvalue weighted by Crippen LogP contribution is 2.36. The molecule has 2 aromatic heterocycles. The van der Waals surface area contributed by atoms with E-state index in [0.29, 0.717) is 22.5 Å². The second kappa shape index (κ2) is 8.38. The van der Waals surface area contributed by atoms with Crippen LogP contribution in [0.5, 0.6) is 0 Å². The Bertz CT molecular complexity index is 1120. The Labute approximate surface area is 177 Å². The minimum atomic E-state index is -0.703. The lowest BCUT2D eigenvalue weighted by Gasteiger charge is -2.27. The molecule has 0 fully saturated rings. The number of nitrogens with one attached hydrogen (secondary N) is 2. The number of hydrogen-bond acceptors (Lipinski definition) is 5. The molecule has 0 saturated heterocycles. The van der Waals surface area contributed by atoms with Crippen molar-refractivity contribution >= 4 is 23.3 Å². The third-order valence-corrected chi connectivity index (χ3v) is 5.53. The highest BCUT2D eigenvalue weighted by Gasteiger charge is 2.35. The Morgan fingerprint density at radius 1 is 1.30 bits per heavy atom. The van der Waals surface area contributed by atoms with Gasteiger partial charge in [0, 0.05) is 17.5 Å². The highest BCUT2D eigenvalue weighted by atomic mass is 32.1. The molecule has 1 atom stereocenters. The number of nitrogens with zero attached hydrogens (tertiary/aromatic N) is 2. The summed E-state index contributed by atoms with van der Waals surface area (Å²) in [6.45, 7) is 5.34. The van der Waals surface area contributed by atoms with Crippen LogP contribution < -0.4 is 10.6 Å². The Hall–Kier alpha value is -3.65. The first-order valence-corrected chi connectivity index (χ1v) is 10.2. The molecule has 0 spiro atoms. The lowest BCUT2D eigenvalue weighted by molar-refractivity contribution is -0.138. The van der Waals surface area contributed by atoms with Gasteiger partial charge in [0.2, 0.25) is 0 Å². The van der Waals surface area contributed by atoms with Gasteiger partial charge in [0.1, 0.15) is 12.3 Å². The molecule has 0 saturated carbocycles. The van der Waals surface area contributed by atoms with E-state index in [-0.39, 0.29) is 12.6 Å². The predicted octanol–water partition coefficient (Wildman–Crippen LogP) is 3.96. The van der Waals surface area contributed by atoms with E-state index in [1.165, 1.54) is 17.4 Å². The molecular formula is C22H20N4O3S. The number of allylic oxidation sites excluding steroid dienone is 1. The number of rotatable bonds is 6. The minimum Gasteiger partial charge on any atom is -0.458 e. The molecule has 4 rings (SSSR count). The van der Waals surface area contributed by atoms with Crippen molar-refractivity contribution < 1.29 is 14.3 Å². The SMILES string of the molecule is C=CCOC(=O)C1=C(C)NC(=O)N[C@H]1c1cn(-c2ccccc2)nc1-c1cccs1. The van der Waals surface area contributed by atoms with Gasteiger partial charge in [-0.15, -0.1) is 11.3 Å². The molecule has 0 radical (unpaired) electrons. The van der Waals surface area contributed by atoms with E-state index in [1.807, 2.05) is 54.0 Å². The number of thiophene rings is 1. The van der Waals surface area contributed by atoms with Gasteiger partial charge in [0.15, 0.2) is 0 Å². The van der Waals surface area contributed by atoms with Crippen LogP contribution in [0.1, 0.15) is 18.5 Å². The Balaban J connectivity index is 1.85. The fraction of sp³-hybridized carbons (Fsp3) is 0.136. The minimum absolute atomic E-state index is 0.0807. The standard InChI is InChI=1S/C22H20N4O3S/c1-3-11-29-21(27)18-14(2)23-22(28)24-20(18)16-13-26(15-8-5-4-6-9-15)25-19(16)17-10-7-12-30-17/h3-10,12-13,20H,1,11H2,2H3,(H2,23,24,28)/t20-/m0/s1.